The fourth-order valence-electron chi connectivity index (χ4n) is 2.45. The SMILES string of the molecule is C[NH+](Cc1cccc(F)c1)C[C@@H](O)COCc1ccccc1Cl. The summed E-state index contributed by atoms with van der Waals surface area (Å²) < 4.78 is 18.7. The van der Waals surface area contributed by atoms with Crippen molar-refractivity contribution in [3.8, 4) is 0 Å². The lowest BCUT2D eigenvalue weighted by atomic mass is 10.2. The Morgan fingerprint density at radius 2 is 2.00 bits per heavy atom. The summed E-state index contributed by atoms with van der Waals surface area (Å²) in [4.78, 5) is 1.09. The van der Waals surface area contributed by atoms with Crippen LogP contribution < -0.4 is 4.90 Å². The Morgan fingerprint density at radius 1 is 1.22 bits per heavy atom. The average molecular weight is 339 g/mol. The molecule has 3 nitrogen and oxygen atoms in total. The molecule has 0 aromatic heterocycles. The van der Waals surface area contributed by atoms with Crippen LogP contribution in [0.4, 0.5) is 4.39 Å². The van der Waals surface area contributed by atoms with Crippen molar-refractivity contribution in [3.63, 3.8) is 0 Å². The number of aliphatic hydroxyl groups is 1. The standard InChI is InChI=1S/C18H21ClFNO2/c1-21(10-14-5-4-7-16(20)9-14)11-17(22)13-23-12-15-6-2-3-8-18(15)19/h2-9,17,22H,10-13H2,1H3/p+1/t17-/m1/s1. The summed E-state index contributed by atoms with van der Waals surface area (Å²) in [7, 11) is 1.96. The average Bonchev–Trinajstić information content (AvgIpc) is 2.49. The molecular weight excluding hydrogens is 317 g/mol. The molecule has 124 valence electrons. The van der Waals surface area contributed by atoms with Crippen LogP contribution in [0.3, 0.4) is 0 Å². The van der Waals surface area contributed by atoms with Gasteiger partial charge in [-0.05, 0) is 23.8 Å². The van der Waals surface area contributed by atoms with Crippen molar-refractivity contribution in [2.45, 2.75) is 19.3 Å². The van der Waals surface area contributed by atoms with E-state index in [1.54, 1.807) is 6.07 Å². The normalized spacial score (nSPS) is 13.7. The zero-order valence-electron chi connectivity index (χ0n) is 13.1. The molecule has 2 atom stereocenters. The second-order valence-electron chi connectivity index (χ2n) is 5.73. The molecule has 0 radical (unpaired) electrons. The first kappa shape index (κ1) is 17.9. The maximum Gasteiger partial charge on any atom is 0.126 e. The first-order valence-corrected chi connectivity index (χ1v) is 7.97. The summed E-state index contributed by atoms with van der Waals surface area (Å²) in [6.45, 7) is 1.80. The van der Waals surface area contributed by atoms with Gasteiger partial charge in [-0.25, -0.2) is 4.39 Å². The van der Waals surface area contributed by atoms with Crippen molar-refractivity contribution in [1.29, 1.82) is 0 Å². The number of likely N-dealkylation sites (N-methyl/N-ethyl adjacent to an activating group) is 1. The highest BCUT2D eigenvalue weighted by atomic mass is 35.5. The molecule has 2 rings (SSSR count). The Morgan fingerprint density at radius 3 is 2.74 bits per heavy atom. The number of nitrogens with one attached hydrogen (secondary N) is 1. The smallest absolute Gasteiger partial charge is 0.126 e. The maximum absolute atomic E-state index is 13.2. The van der Waals surface area contributed by atoms with Crippen LogP contribution in [0.15, 0.2) is 48.5 Å². The van der Waals surface area contributed by atoms with Crippen LogP contribution in [0.5, 0.6) is 0 Å². The lowest BCUT2D eigenvalue weighted by Gasteiger charge is -2.18. The lowest BCUT2D eigenvalue weighted by Crippen LogP contribution is -3.08. The van der Waals surface area contributed by atoms with Crippen molar-refractivity contribution in [1.82, 2.24) is 0 Å². The topological polar surface area (TPSA) is 33.9 Å². The number of aliphatic hydroxyl groups excluding tert-OH is 1. The molecule has 0 amide bonds. The fraction of sp³-hybridized carbons (Fsp3) is 0.333. The van der Waals surface area contributed by atoms with E-state index in [1.165, 1.54) is 12.1 Å². The van der Waals surface area contributed by atoms with E-state index in [0.29, 0.717) is 24.7 Å². The molecule has 5 heteroatoms. The summed E-state index contributed by atoms with van der Waals surface area (Å²) in [5, 5.41) is 10.7. The van der Waals surface area contributed by atoms with Crippen molar-refractivity contribution in [3.05, 3.63) is 70.5 Å². The molecule has 0 spiro atoms. The van der Waals surface area contributed by atoms with Crippen LogP contribution in [0, 0.1) is 5.82 Å². The highest BCUT2D eigenvalue weighted by Gasteiger charge is 2.13. The molecule has 0 heterocycles. The summed E-state index contributed by atoms with van der Waals surface area (Å²) >= 11 is 6.05. The van der Waals surface area contributed by atoms with Crippen molar-refractivity contribution >= 4 is 11.6 Å². The zero-order chi connectivity index (χ0) is 16.7. The van der Waals surface area contributed by atoms with Crippen LogP contribution in [0.1, 0.15) is 11.1 Å². The molecule has 0 saturated heterocycles. The van der Waals surface area contributed by atoms with Crippen LogP contribution in [0.25, 0.3) is 0 Å². The van der Waals surface area contributed by atoms with E-state index in [1.807, 2.05) is 37.4 Å². The minimum atomic E-state index is -0.578. The zero-order valence-corrected chi connectivity index (χ0v) is 13.9. The molecule has 2 aromatic rings. The highest BCUT2D eigenvalue weighted by Crippen LogP contribution is 2.15. The molecule has 0 aliphatic carbocycles. The van der Waals surface area contributed by atoms with Crippen molar-refractivity contribution < 1.29 is 19.1 Å². The molecule has 1 unspecified atom stereocenters. The summed E-state index contributed by atoms with van der Waals surface area (Å²) in [5.74, 6) is -0.237. The fourth-order valence-corrected chi connectivity index (χ4v) is 2.64. The minimum absolute atomic E-state index is 0.237. The Hall–Kier alpha value is -1.46. The van der Waals surface area contributed by atoms with E-state index < -0.39 is 6.10 Å². The number of ether oxygens (including phenoxy) is 1. The van der Waals surface area contributed by atoms with E-state index in [9.17, 15) is 9.50 Å². The van der Waals surface area contributed by atoms with Gasteiger partial charge in [0.15, 0.2) is 0 Å². The highest BCUT2D eigenvalue weighted by molar-refractivity contribution is 6.31. The molecule has 23 heavy (non-hydrogen) atoms. The Balaban J connectivity index is 1.72. The monoisotopic (exact) mass is 338 g/mol. The molecular formula is C18H22ClFNO2+. The van der Waals surface area contributed by atoms with Crippen molar-refractivity contribution in [2.24, 2.45) is 0 Å². The lowest BCUT2D eigenvalue weighted by molar-refractivity contribution is -0.897. The van der Waals surface area contributed by atoms with Gasteiger partial charge >= 0.3 is 0 Å². The van der Waals surface area contributed by atoms with Gasteiger partial charge in [-0.3, -0.25) is 0 Å². The number of benzene rings is 2. The Bertz CT molecular complexity index is 623. The predicted octanol–water partition coefficient (Wildman–Crippen LogP) is 2.07. The van der Waals surface area contributed by atoms with E-state index >= 15 is 0 Å². The number of quaternary nitrogens is 1. The summed E-state index contributed by atoms with van der Waals surface area (Å²) in [6.07, 6.45) is -0.578. The Kier molecular flexibility index (Phi) is 6.99. The molecule has 0 aliphatic heterocycles. The molecule has 0 aliphatic rings. The maximum atomic E-state index is 13.2. The number of halogens is 2. The van der Waals surface area contributed by atoms with E-state index in [0.717, 1.165) is 16.0 Å². The summed E-state index contributed by atoms with van der Waals surface area (Å²) in [6, 6.07) is 14.0. The van der Waals surface area contributed by atoms with Crippen LogP contribution in [-0.4, -0.2) is 31.4 Å². The third kappa shape index (κ3) is 6.28. The Labute approximate surface area is 141 Å². The predicted molar refractivity (Wildman–Crippen MR) is 89.0 cm³/mol. The van der Waals surface area contributed by atoms with Gasteiger partial charge in [-0.15, -0.1) is 0 Å². The second-order valence-corrected chi connectivity index (χ2v) is 6.14. The largest absolute Gasteiger partial charge is 0.385 e. The van der Waals surface area contributed by atoms with Gasteiger partial charge in [0.1, 0.15) is 25.0 Å². The number of rotatable bonds is 8. The summed E-state index contributed by atoms with van der Waals surface area (Å²) in [5.41, 5.74) is 1.81. The number of hydrogen-bond donors (Lipinski definition) is 2. The quantitative estimate of drug-likeness (QED) is 0.772. The minimum Gasteiger partial charge on any atom is -0.385 e. The first-order valence-electron chi connectivity index (χ1n) is 7.59. The van der Waals surface area contributed by atoms with Gasteiger partial charge in [-0.2, -0.15) is 0 Å². The molecule has 2 aromatic carbocycles. The number of hydrogen-bond acceptors (Lipinski definition) is 2. The van der Waals surface area contributed by atoms with Crippen LogP contribution in [-0.2, 0) is 17.9 Å². The van der Waals surface area contributed by atoms with Gasteiger partial charge in [0.25, 0.3) is 0 Å². The third-order valence-electron chi connectivity index (χ3n) is 3.50. The molecule has 0 saturated carbocycles. The van der Waals surface area contributed by atoms with Gasteiger partial charge in [-0.1, -0.05) is 41.9 Å². The van der Waals surface area contributed by atoms with Gasteiger partial charge in [0.05, 0.1) is 20.3 Å². The van der Waals surface area contributed by atoms with Gasteiger partial charge in [0, 0.05) is 10.6 Å². The second kappa shape index (κ2) is 8.99. The van der Waals surface area contributed by atoms with Crippen LogP contribution >= 0.6 is 11.6 Å². The van der Waals surface area contributed by atoms with Gasteiger partial charge < -0.3 is 14.7 Å². The first-order chi connectivity index (χ1) is 11.0. The third-order valence-corrected chi connectivity index (χ3v) is 3.87. The van der Waals surface area contributed by atoms with Crippen molar-refractivity contribution in [2.75, 3.05) is 20.2 Å². The van der Waals surface area contributed by atoms with Crippen LogP contribution in [0.2, 0.25) is 5.02 Å². The van der Waals surface area contributed by atoms with Gasteiger partial charge in [0.2, 0.25) is 0 Å². The van der Waals surface area contributed by atoms with E-state index in [-0.39, 0.29) is 12.4 Å². The molecule has 2 N–H and O–H groups in total. The van der Waals surface area contributed by atoms with E-state index in [2.05, 4.69) is 0 Å². The molecule has 0 bridgehead atoms. The molecule has 0 fully saturated rings. The van der Waals surface area contributed by atoms with E-state index in [4.69, 9.17) is 16.3 Å².